The van der Waals surface area contributed by atoms with Crippen LogP contribution in [0.2, 0.25) is 0 Å². The lowest BCUT2D eigenvalue weighted by Crippen LogP contribution is -2.60. The van der Waals surface area contributed by atoms with Crippen LogP contribution in [-0.4, -0.2) is 75.2 Å². The molecule has 0 unspecified atom stereocenters. The first-order chi connectivity index (χ1) is 13.2. The molecule has 5 atom stereocenters. The van der Waals surface area contributed by atoms with Gasteiger partial charge in [0.2, 0.25) is 11.7 Å². The van der Waals surface area contributed by atoms with Gasteiger partial charge in [-0.3, -0.25) is 9.59 Å². The summed E-state index contributed by atoms with van der Waals surface area (Å²) in [6.45, 7) is 0.798. The van der Waals surface area contributed by atoms with Crippen molar-refractivity contribution >= 4 is 17.8 Å². The fraction of sp³-hybridized carbons (Fsp3) is 0.389. The molecule has 6 N–H and O–H groups in total. The maximum Gasteiger partial charge on any atom is 0.370 e. The second-order valence-corrected chi connectivity index (χ2v) is 6.27. The number of ether oxygens (including phenoxy) is 1. The zero-order valence-corrected chi connectivity index (χ0v) is 15.0. The summed E-state index contributed by atoms with van der Waals surface area (Å²) < 4.78 is 5.17. The van der Waals surface area contributed by atoms with Gasteiger partial charge < -0.3 is 35.8 Å². The third-order valence-electron chi connectivity index (χ3n) is 4.13. The van der Waals surface area contributed by atoms with Crippen LogP contribution < -0.4 is 10.6 Å². The Balaban J connectivity index is 2.08. The van der Waals surface area contributed by atoms with E-state index >= 15 is 0 Å². The molecule has 0 spiro atoms. The van der Waals surface area contributed by atoms with Crippen molar-refractivity contribution in [3.63, 3.8) is 0 Å². The van der Waals surface area contributed by atoms with Crippen molar-refractivity contribution in [2.24, 2.45) is 0 Å². The quantitative estimate of drug-likeness (QED) is 0.321. The molecule has 152 valence electrons. The average Bonchev–Trinajstić information content (AvgIpc) is 2.66. The second-order valence-electron chi connectivity index (χ2n) is 6.27. The number of carboxylic acids is 1. The van der Waals surface area contributed by atoms with E-state index in [9.17, 15) is 29.7 Å². The number of amides is 2. The van der Waals surface area contributed by atoms with Crippen LogP contribution in [0.1, 0.15) is 17.3 Å². The predicted octanol–water partition coefficient (Wildman–Crippen LogP) is -1.63. The molecule has 0 aliphatic carbocycles. The van der Waals surface area contributed by atoms with Crippen molar-refractivity contribution in [3.8, 4) is 0 Å². The van der Waals surface area contributed by atoms with Crippen LogP contribution in [0.25, 0.3) is 0 Å². The number of carboxylic acid groups (broad SMARTS) is 1. The van der Waals surface area contributed by atoms with E-state index in [1.54, 1.807) is 30.3 Å². The first kappa shape index (κ1) is 21.4. The molecular weight excluding hydrogens is 372 g/mol. The van der Waals surface area contributed by atoms with E-state index in [0.717, 1.165) is 6.08 Å². The van der Waals surface area contributed by atoms with E-state index in [4.69, 9.17) is 9.84 Å². The Morgan fingerprint density at radius 1 is 1.18 bits per heavy atom. The zero-order valence-electron chi connectivity index (χ0n) is 15.0. The maximum atomic E-state index is 12.0. The average molecular weight is 394 g/mol. The van der Waals surface area contributed by atoms with Gasteiger partial charge >= 0.3 is 5.97 Å². The highest BCUT2D eigenvalue weighted by Gasteiger charge is 2.43. The summed E-state index contributed by atoms with van der Waals surface area (Å²) in [5, 5.41) is 44.6. The first-order valence-electron chi connectivity index (χ1n) is 8.47. The first-order valence-corrected chi connectivity index (χ1v) is 8.47. The summed E-state index contributed by atoms with van der Waals surface area (Å²) >= 11 is 0. The summed E-state index contributed by atoms with van der Waals surface area (Å²) in [7, 11) is 0. The maximum absolute atomic E-state index is 12.0. The van der Waals surface area contributed by atoms with E-state index in [-0.39, 0.29) is 6.54 Å². The van der Waals surface area contributed by atoms with Gasteiger partial charge in [-0.25, -0.2) is 4.79 Å². The second kappa shape index (κ2) is 9.31. The van der Waals surface area contributed by atoms with Gasteiger partial charge in [-0.05, 0) is 18.2 Å². The van der Waals surface area contributed by atoms with Gasteiger partial charge in [0, 0.05) is 19.0 Å². The Hall–Kier alpha value is -2.95. The normalized spacial score (nSPS) is 23.6. The molecule has 1 aliphatic heterocycles. The fourth-order valence-corrected chi connectivity index (χ4v) is 2.75. The van der Waals surface area contributed by atoms with Gasteiger partial charge in [-0.1, -0.05) is 18.2 Å². The Kier molecular flexibility index (Phi) is 7.10. The van der Waals surface area contributed by atoms with Crippen molar-refractivity contribution in [3.05, 3.63) is 47.7 Å². The highest BCUT2D eigenvalue weighted by atomic mass is 16.5. The molecule has 28 heavy (non-hydrogen) atoms. The third-order valence-corrected chi connectivity index (χ3v) is 4.13. The van der Waals surface area contributed by atoms with Gasteiger partial charge in [0.05, 0.1) is 6.04 Å². The lowest BCUT2D eigenvalue weighted by Gasteiger charge is -2.38. The molecule has 0 saturated carbocycles. The van der Waals surface area contributed by atoms with E-state index in [1.807, 2.05) is 0 Å². The highest BCUT2D eigenvalue weighted by Crippen LogP contribution is 2.23. The number of hydrogen-bond donors (Lipinski definition) is 6. The van der Waals surface area contributed by atoms with Crippen LogP contribution in [0.15, 0.2) is 42.2 Å². The molecular formula is C18H22N2O8. The molecule has 0 saturated heterocycles. The SMILES string of the molecule is CC(=O)N[C@H]1[C@H]([C@@H](O)[C@@H](O)CNC(=O)c2ccccc2)OC(C(=O)O)=C[C@@H]1O. The monoisotopic (exact) mass is 394 g/mol. The van der Waals surface area contributed by atoms with Gasteiger partial charge in [0.1, 0.15) is 18.3 Å². The largest absolute Gasteiger partial charge is 0.478 e. The standard InChI is InChI=1S/C18H22N2O8/c1-9(21)20-14-11(22)7-13(18(26)27)28-16(14)15(24)12(23)8-19-17(25)10-5-3-2-4-6-10/h2-7,11-12,14-16,22-24H,8H2,1H3,(H,19,25)(H,20,21)(H,26,27)/t11-,12-,14+,15-,16+/m0/s1. The van der Waals surface area contributed by atoms with Crippen molar-refractivity contribution in [2.75, 3.05) is 6.54 Å². The fourth-order valence-electron chi connectivity index (χ4n) is 2.75. The number of carbonyl (C=O) groups excluding carboxylic acids is 2. The Labute approximate surface area is 160 Å². The van der Waals surface area contributed by atoms with Crippen LogP contribution in [0, 0.1) is 0 Å². The molecule has 0 aromatic heterocycles. The molecule has 1 heterocycles. The minimum atomic E-state index is -1.72. The van der Waals surface area contributed by atoms with Crippen LogP contribution in [-0.2, 0) is 14.3 Å². The van der Waals surface area contributed by atoms with Gasteiger partial charge in [-0.2, -0.15) is 0 Å². The highest BCUT2D eigenvalue weighted by molar-refractivity contribution is 5.94. The number of aliphatic hydroxyl groups is 3. The minimum Gasteiger partial charge on any atom is -0.478 e. The summed E-state index contributed by atoms with van der Waals surface area (Å²) in [5.74, 6) is -3.15. The number of hydrogen-bond acceptors (Lipinski definition) is 7. The molecule has 0 fully saturated rings. The topological polar surface area (TPSA) is 165 Å². The summed E-state index contributed by atoms with van der Waals surface area (Å²) in [5.41, 5.74) is 0.348. The number of benzene rings is 1. The van der Waals surface area contributed by atoms with E-state index in [2.05, 4.69) is 10.6 Å². The Morgan fingerprint density at radius 3 is 2.39 bits per heavy atom. The Bertz CT molecular complexity index is 751. The van der Waals surface area contributed by atoms with Gasteiger partial charge in [0.25, 0.3) is 5.91 Å². The number of carbonyl (C=O) groups is 3. The minimum absolute atomic E-state index is 0.348. The lowest BCUT2D eigenvalue weighted by molar-refractivity contribution is -0.147. The number of aliphatic hydroxyl groups excluding tert-OH is 3. The number of nitrogens with one attached hydrogen (secondary N) is 2. The number of rotatable bonds is 7. The van der Waals surface area contributed by atoms with Gasteiger partial charge in [0.15, 0.2) is 6.10 Å². The van der Waals surface area contributed by atoms with E-state index in [0.29, 0.717) is 5.56 Å². The molecule has 1 aromatic carbocycles. The van der Waals surface area contributed by atoms with Crippen LogP contribution in [0.5, 0.6) is 0 Å². The van der Waals surface area contributed by atoms with Crippen molar-refractivity contribution in [2.45, 2.75) is 37.4 Å². The predicted molar refractivity (Wildman–Crippen MR) is 95.0 cm³/mol. The zero-order chi connectivity index (χ0) is 20.8. The van der Waals surface area contributed by atoms with E-state index in [1.165, 1.54) is 6.92 Å². The molecule has 10 heteroatoms. The Morgan fingerprint density at radius 2 is 1.82 bits per heavy atom. The van der Waals surface area contributed by atoms with E-state index < -0.39 is 54.0 Å². The summed E-state index contributed by atoms with van der Waals surface area (Å²) in [4.78, 5) is 34.5. The van der Waals surface area contributed by atoms with Crippen LogP contribution >= 0.6 is 0 Å². The third kappa shape index (κ3) is 5.28. The smallest absolute Gasteiger partial charge is 0.370 e. The summed E-state index contributed by atoms with van der Waals surface area (Å²) in [6.07, 6.45) is -5.32. The van der Waals surface area contributed by atoms with Crippen LogP contribution in [0.3, 0.4) is 0 Å². The lowest BCUT2D eigenvalue weighted by atomic mass is 9.93. The molecule has 1 aromatic rings. The van der Waals surface area contributed by atoms with Gasteiger partial charge in [-0.15, -0.1) is 0 Å². The van der Waals surface area contributed by atoms with Crippen LogP contribution in [0.4, 0.5) is 0 Å². The summed E-state index contributed by atoms with van der Waals surface area (Å²) in [6, 6.07) is 6.99. The molecule has 2 amide bonds. The molecule has 0 bridgehead atoms. The molecule has 2 rings (SSSR count). The van der Waals surface area contributed by atoms with Crippen molar-refractivity contribution < 1.29 is 39.5 Å². The number of aliphatic carboxylic acids is 1. The molecule has 0 radical (unpaired) electrons. The molecule has 10 nitrogen and oxygen atoms in total. The molecule has 1 aliphatic rings. The van der Waals surface area contributed by atoms with Crippen molar-refractivity contribution in [1.29, 1.82) is 0 Å². The van der Waals surface area contributed by atoms with Crippen molar-refractivity contribution in [1.82, 2.24) is 10.6 Å².